The van der Waals surface area contributed by atoms with Crippen molar-refractivity contribution in [3.8, 4) is 5.75 Å². The van der Waals surface area contributed by atoms with Gasteiger partial charge < -0.3 is 32.7 Å². The molecule has 4 rings (SSSR count). The summed E-state index contributed by atoms with van der Waals surface area (Å²) in [6.07, 6.45) is 6.19. The molecule has 176 valence electrons. The predicted molar refractivity (Wildman–Crippen MR) is 135 cm³/mol. The number of hydrogen-bond acceptors (Lipinski definition) is 7. The summed E-state index contributed by atoms with van der Waals surface area (Å²) in [5.41, 5.74) is 2.38. The average molecular weight is 496 g/mol. The highest BCUT2D eigenvalue weighted by Gasteiger charge is 2.30. The molecule has 0 saturated heterocycles. The first-order valence-electron chi connectivity index (χ1n) is 10.9. The molecule has 1 aliphatic rings. The van der Waals surface area contributed by atoms with Gasteiger partial charge in [-0.15, -0.1) is 11.3 Å². The van der Waals surface area contributed by atoms with Crippen LogP contribution < -0.4 is 19.9 Å². The van der Waals surface area contributed by atoms with E-state index in [-0.39, 0.29) is 17.3 Å². The van der Waals surface area contributed by atoms with Gasteiger partial charge in [0.1, 0.15) is 10.8 Å². The highest BCUT2D eigenvalue weighted by Crippen LogP contribution is 2.39. The Balaban J connectivity index is 1.68. The number of rotatable bonds is 8. The van der Waals surface area contributed by atoms with E-state index in [1.54, 1.807) is 43.1 Å². The van der Waals surface area contributed by atoms with Crippen molar-refractivity contribution in [3.63, 3.8) is 0 Å². The van der Waals surface area contributed by atoms with Gasteiger partial charge in [0.25, 0.3) is 5.70 Å². The molecule has 3 aromatic rings. The number of aromatic nitrogens is 1. The van der Waals surface area contributed by atoms with Gasteiger partial charge in [0.05, 0.1) is 19.3 Å². The van der Waals surface area contributed by atoms with E-state index in [2.05, 4.69) is 10.6 Å². The number of nitrogens with zero attached hydrogens (tertiary/aromatic N) is 1. The van der Waals surface area contributed by atoms with Crippen LogP contribution >= 0.6 is 11.3 Å². The number of esters is 1. The fourth-order valence-corrected chi connectivity index (χ4v) is 5.41. The molecule has 0 fully saturated rings. The summed E-state index contributed by atoms with van der Waals surface area (Å²) >= 11 is 7.07. The second-order valence-corrected chi connectivity index (χ2v) is 9.06. The Hall–Kier alpha value is -3.43. The fraction of sp³-hybridized carbons (Fsp3) is 0.240. The normalized spacial score (nSPS) is 13.0. The Morgan fingerprint density at radius 1 is 1.09 bits per heavy atom. The average Bonchev–Trinajstić information content (AvgIpc) is 3.41. The lowest BCUT2D eigenvalue weighted by molar-refractivity contribution is -0.577. The summed E-state index contributed by atoms with van der Waals surface area (Å²) in [4.78, 5) is 27.4. The molecule has 0 spiro atoms. The van der Waals surface area contributed by atoms with Crippen LogP contribution in [0.15, 0.2) is 59.9 Å². The van der Waals surface area contributed by atoms with E-state index < -0.39 is 11.9 Å². The molecule has 1 aromatic carbocycles. The highest BCUT2D eigenvalue weighted by molar-refractivity contribution is 7.64. The first-order chi connectivity index (χ1) is 16.5. The number of carbonyl (C=O) groups is 2. The van der Waals surface area contributed by atoms with Gasteiger partial charge in [-0.2, -0.15) is 4.57 Å². The molecule has 2 heterocycles. The van der Waals surface area contributed by atoms with Crippen molar-refractivity contribution in [2.75, 3.05) is 24.4 Å². The number of amides is 1. The number of anilines is 2. The van der Waals surface area contributed by atoms with Gasteiger partial charge in [0.15, 0.2) is 12.4 Å². The van der Waals surface area contributed by atoms with Crippen molar-refractivity contribution >= 4 is 52.2 Å². The van der Waals surface area contributed by atoms with Gasteiger partial charge in [0, 0.05) is 22.7 Å². The molecule has 2 aromatic heterocycles. The van der Waals surface area contributed by atoms with Gasteiger partial charge in [-0.1, -0.05) is 6.07 Å². The van der Waals surface area contributed by atoms with Crippen LogP contribution in [-0.2, 0) is 35.0 Å². The number of carbonyl (C=O) groups excluding carboxylic acids is 2. The van der Waals surface area contributed by atoms with Crippen molar-refractivity contribution in [3.05, 3.63) is 75.9 Å². The van der Waals surface area contributed by atoms with Crippen LogP contribution in [0.1, 0.15) is 34.1 Å². The maximum atomic E-state index is 13.5. The number of thiophene rings is 1. The zero-order valence-corrected chi connectivity index (χ0v) is 20.6. The first kappa shape index (κ1) is 23.7. The third kappa shape index (κ3) is 5.05. The largest absolute Gasteiger partial charge is 0.756 e. The zero-order chi connectivity index (χ0) is 24.1. The zero-order valence-electron chi connectivity index (χ0n) is 18.9. The third-order valence-electron chi connectivity index (χ3n) is 5.38. The lowest BCUT2D eigenvalue weighted by Crippen LogP contribution is -2.40. The molecule has 0 aliphatic heterocycles. The molecule has 34 heavy (non-hydrogen) atoms. The molecule has 2 N–H and O–H groups in total. The van der Waals surface area contributed by atoms with Crippen molar-refractivity contribution in [1.29, 1.82) is 0 Å². The molecule has 0 atom stereocenters. The Bertz CT molecular complexity index is 1220. The van der Waals surface area contributed by atoms with E-state index >= 15 is 0 Å². The SMILES string of the molecule is CCOC(=O)c1c(NC(=O)C(=C([S-])Nc2ccc(OC)cc2)[n+]2ccccc2)sc2c1CCC2. The molecule has 1 amide bonds. The summed E-state index contributed by atoms with van der Waals surface area (Å²) in [5, 5.41) is 6.79. The van der Waals surface area contributed by atoms with Crippen LogP contribution in [0.4, 0.5) is 10.7 Å². The Morgan fingerprint density at radius 3 is 2.50 bits per heavy atom. The lowest BCUT2D eigenvalue weighted by atomic mass is 10.1. The Kier molecular flexibility index (Phi) is 7.44. The summed E-state index contributed by atoms with van der Waals surface area (Å²) in [5.74, 6) is -0.120. The Labute approximate surface area is 207 Å². The summed E-state index contributed by atoms with van der Waals surface area (Å²) in [6.45, 7) is 2.04. The van der Waals surface area contributed by atoms with Gasteiger partial charge in [-0.3, -0.25) is 4.79 Å². The van der Waals surface area contributed by atoms with Gasteiger partial charge in [-0.25, -0.2) is 4.79 Å². The maximum Gasteiger partial charge on any atom is 0.341 e. The highest BCUT2D eigenvalue weighted by atomic mass is 32.1. The van der Waals surface area contributed by atoms with Gasteiger partial charge in [-0.05, 0) is 61.0 Å². The van der Waals surface area contributed by atoms with Crippen molar-refractivity contribution in [2.45, 2.75) is 26.2 Å². The number of methoxy groups -OCH3 is 1. The topological polar surface area (TPSA) is 80.5 Å². The van der Waals surface area contributed by atoms with E-state index in [1.165, 1.54) is 11.3 Å². The minimum atomic E-state index is -0.423. The van der Waals surface area contributed by atoms with E-state index in [1.807, 2.05) is 30.3 Å². The Morgan fingerprint density at radius 2 is 1.82 bits per heavy atom. The molecule has 0 bridgehead atoms. The van der Waals surface area contributed by atoms with Gasteiger partial charge >= 0.3 is 11.9 Å². The second kappa shape index (κ2) is 10.7. The number of aryl methyl sites for hydroxylation is 1. The minimum Gasteiger partial charge on any atom is -0.756 e. The second-order valence-electron chi connectivity index (χ2n) is 7.55. The quantitative estimate of drug-likeness (QED) is 0.212. The summed E-state index contributed by atoms with van der Waals surface area (Å²) in [7, 11) is 1.60. The van der Waals surface area contributed by atoms with E-state index in [9.17, 15) is 9.59 Å². The number of hydrogen-bond donors (Lipinski definition) is 2. The van der Waals surface area contributed by atoms with Crippen LogP contribution in [-0.4, -0.2) is 25.6 Å². The standard InChI is InChI=1S/C25H25N3O4S2/c1-3-32-25(30)20-18-8-7-9-19(18)34-24(20)27-22(29)21(28-14-5-4-6-15-28)23(33)26-16-10-12-17(31-2)13-11-16/h4-6,10-15H,3,7-9H2,1-2H3,(H2-,26,27,29,30,33). The number of pyridine rings is 1. The van der Waals surface area contributed by atoms with Crippen LogP contribution in [0.25, 0.3) is 5.70 Å². The number of fused-ring (bicyclic) bond motifs is 1. The number of benzene rings is 1. The van der Waals surface area contributed by atoms with Crippen molar-refractivity contribution in [1.82, 2.24) is 0 Å². The molecule has 0 saturated carbocycles. The lowest BCUT2D eigenvalue weighted by Gasteiger charge is -2.18. The molecule has 0 radical (unpaired) electrons. The number of nitrogens with one attached hydrogen (secondary N) is 2. The maximum absolute atomic E-state index is 13.5. The smallest absolute Gasteiger partial charge is 0.341 e. The van der Waals surface area contributed by atoms with E-state index in [4.69, 9.17) is 22.1 Å². The van der Waals surface area contributed by atoms with Gasteiger partial charge in [0.2, 0.25) is 0 Å². The first-order valence-corrected chi connectivity index (χ1v) is 12.2. The molecule has 7 nitrogen and oxygen atoms in total. The molecule has 0 unspecified atom stereocenters. The molecular weight excluding hydrogens is 470 g/mol. The molecular formula is C25H25N3O4S2. The third-order valence-corrected chi connectivity index (χ3v) is 6.88. The van der Waals surface area contributed by atoms with Crippen LogP contribution in [0.3, 0.4) is 0 Å². The van der Waals surface area contributed by atoms with E-state index in [0.717, 1.165) is 35.4 Å². The predicted octanol–water partition coefficient (Wildman–Crippen LogP) is 4.13. The van der Waals surface area contributed by atoms with Crippen LogP contribution in [0.5, 0.6) is 5.75 Å². The summed E-state index contributed by atoms with van der Waals surface area (Å²) in [6, 6.07) is 12.7. The monoisotopic (exact) mass is 495 g/mol. The summed E-state index contributed by atoms with van der Waals surface area (Å²) < 4.78 is 12.1. The van der Waals surface area contributed by atoms with E-state index in [0.29, 0.717) is 16.3 Å². The van der Waals surface area contributed by atoms with Crippen molar-refractivity contribution in [2.24, 2.45) is 0 Å². The van der Waals surface area contributed by atoms with Crippen LogP contribution in [0.2, 0.25) is 0 Å². The van der Waals surface area contributed by atoms with Crippen molar-refractivity contribution < 1.29 is 23.6 Å². The number of ether oxygens (including phenoxy) is 2. The molecule has 9 heteroatoms. The molecule has 1 aliphatic carbocycles. The van der Waals surface area contributed by atoms with Crippen LogP contribution in [0, 0.1) is 0 Å². The fourth-order valence-electron chi connectivity index (χ4n) is 3.82. The minimum absolute atomic E-state index is 0.231.